The molecule has 0 amide bonds. The molecular weight excluding hydrogens is 275 g/mol. The summed E-state index contributed by atoms with van der Waals surface area (Å²) in [6, 6.07) is 3.46. The Hall–Kier alpha value is 0.110. The molecule has 0 bridgehead atoms. The van der Waals surface area contributed by atoms with Crippen molar-refractivity contribution >= 4 is 31.9 Å². The van der Waals surface area contributed by atoms with Crippen molar-refractivity contribution in [3.8, 4) is 0 Å². The van der Waals surface area contributed by atoms with Crippen LogP contribution in [0.5, 0.6) is 0 Å². The standard InChI is InChI=1S/C8H7Br2F/c1-5-2-6(4-9)8(10)7(11)3-5/h2-3H,4H2,1H3. The summed E-state index contributed by atoms with van der Waals surface area (Å²) in [5, 5.41) is 0.673. The second-order valence-corrected chi connectivity index (χ2v) is 3.71. The Kier molecular flexibility index (Phi) is 3.07. The van der Waals surface area contributed by atoms with Gasteiger partial charge in [-0.3, -0.25) is 0 Å². The lowest BCUT2D eigenvalue weighted by molar-refractivity contribution is 0.618. The molecular formula is C8H7Br2F. The van der Waals surface area contributed by atoms with E-state index in [-0.39, 0.29) is 5.82 Å². The molecule has 0 unspecified atom stereocenters. The first-order valence-corrected chi connectivity index (χ1v) is 5.07. The van der Waals surface area contributed by atoms with Crippen LogP contribution in [0.2, 0.25) is 0 Å². The number of hydrogen-bond donors (Lipinski definition) is 0. The van der Waals surface area contributed by atoms with Gasteiger partial charge in [0.1, 0.15) is 5.82 Å². The van der Waals surface area contributed by atoms with Gasteiger partial charge in [-0.1, -0.05) is 22.0 Å². The zero-order valence-electron chi connectivity index (χ0n) is 6.00. The van der Waals surface area contributed by atoms with Gasteiger partial charge >= 0.3 is 0 Å². The summed E-state index contributed by atoms with van der Waals surface area (Å²) in [6.45, 7) is 1.88. The van der Waals surface area contributed by atoms with E-state index in [4.69, 9.17) is 0 Å². The van der Waals surface area contributed by atoms with E-state index < -0.39 is 0 Å². The van der Waals surface area contributed by atoms with E-state index in [9.17, 15) is 4.39 Å². The van der Waals surface area contributed by atoms with Crippen molar-refractivity contribution in [2.75, 3.05) is 0 Å². The fourth-order valence-electron chi connectivity index (χ4n) is 0.894. The van der Waals surface area contributed by atoms with E-state index >= 15 is 0 Å². The highest BCUT2D eigenvalue weighted by Crippen LogP contribution is 2.24. The molecule has 0 atom stereocenters. The molecule has 0 aromatic heterocycles. The average Bonchev–Trinajstić information content (AvgIpc) is 1.96. The minimum atomic E-state index is -0.195. The molecule has 1 rings (SSSR count). The normalized spacial score (nSPS) is 10.2. The molecule has 60 valence electrons. The fourth-order valence-corrected chi connectivity index (χ4v) is 2.08. The minimum absolute atomic E-state index is 0.195. The number of alkyl halides is 1. The maximum absolute atomic E-state index is 13.0. The molecule has 0 nitrogen and oxygen atoms in total. The lowest BCUT2D eigenvalue weighted by Crippen LogP contribution is -1.87. The lowest BCUT2D eigenvalue weighted by Gasteiger charge is -2.02. The van der Waals surface area contributed by atoms with Crippen LogP contribution in [-0.2, 0) is 5.33 Å². The number of halogens is 3. The van der Waals surface area contributed by atoms with Gasteiger partial charge in [0, 0.05) is 5.33 Å². The summed E-state index contributed by atoms with van der Waals surface area (Å²) in [5.41, 5.74) is 1.89. The third-order valence-electron chi connectivity index (χ3n) is 1.39. The predicted octanol–water partition coefficient (Wildman–Crippen LogP) is 3.79. The summed E-state index contributed by atoms with van der Waals surface area (Å²) in [6.07, 6.45) is 0. The molecule has 11 heavy (non-hydrogen) atoms. The van der Waals surface area contributed by atoms with Crippen LogP contribution in [0.1, 0.15) is 11.1 Å². The highest BCUT2D eigenvalue weighted by molar-refractivity contribution is 9.10. The van der Waals surface area contributed by atoms with Crippen LogP contribution >= 0.6 is 31.9 Å². The molecule has 0 fully saturated rings. The maximum Gasteiger partial charge on any atom is 0.137 e. The molecule has 3 heteroatoms. The molecule has 1 aromatic rings. The molecule has 1 aromatic carbocycles. The van der Waals surface area contributed by atoms with E-state index in [2.05, 4.69) is 31.9 Å². The topological polar surface area (TPSA) is 0 Å². The Morgan fingerprint density at radius 1 is 1.45 bits per heavy atom. The van der Waals surface area contributed by atoms with Crippen LogP contribution in [0.4, 0.5) is 4.39 Å². The van der Waals surface area contributed by atoms with E-state index in [0.717, 1.165) is 11.1 Å². The quantitative estimate of drug-likeness (QED) is 0.687. The maximum atomic E-state index is 13.0. The van der Waals surface area contributed by atoms with Crippen molar-refractivity contribution in [1.82, 2.24) is 0 Å². The minimum Gasteiger partial charge on any atom is -0.206 e. The fraction of sp³-hybridized carbons (Fsp3) is 0.250. The van der Waals surface area contributed by atoms with Crippen molar-refractivity contribution in [2.24, 2.45) is 0 Å². The van der Waals surface area contributed by atoms with E-state index in [1.165, 1.54) is 6.07 Å². The van der Waals surface area contributed by atoms with Crippen molar-refractivity contribution in [3.05, 3.63) is 33.5 Å². The third kappa shape index (κ3) is 2.03. The van der Waals surface area contributed by atoms with Crippen LogP contribution in [0.3, 0.4) is 0 Å². The molecule has 0 N–H and O–H groups in total. The first-order chi connectivity index (χ1) is 5.15. The van der Waals surface area contributed by atoms with Gasteiger partial charge in [-0.25, -0.2) is 4.39 Å². The van der Waals surface area contributed by atoms with E-state index in [1.807, 2.05) is 13.0 Å². The predicted molar refractivity (Wildman–Crippen MR) is 51.5 cm³/mol. The van der Waals surface area contributed by atoms with Gasteiger partial charge in [0.25, 0.3) is 0 Å². The van der Waals surface area contributed by atoms with Gasteiger partial charge in [0.2, 0.25) is 0 Å². The monoisotopic (exact) mass is 280 g/mol. The lowest BCUT2D eigenvalue weighted by atomic mass is 10.1. The van der Waals surface area contributed by atoms with Crippen LogP contribution in [0.15, 0.2) is 16.6 Å². The van der Waals surface area contributed by atoms with Gasteiger partial charge in [0.05, 0.1) is 4.47 Å². The van der Waals surface area contributed by atoms with E-state index in [0.29, 0.717) is 9.80 Å². The summed E-state index contributed by atoms with van der Waals surface area (Å²) in [4.78, 5) is 0. The van der Waals surface area contributed by atoms with Crippen molar-refractivity contribution in [1.29, 1.82) is 0 Å². The summed E-state index contributed by atoms with van der Waals surface area (Å²) in [7, 11) is 0. The Morgan fingerprint density at radius 3 is 2.64 bits per heavy atom. The smallest absolute Gasteiger partial charge is 0.137 e. The van der Waals surface area contributed by atoms with Crippen molar-refractivity contribution in [3.63, 3.8) is 0 Å². The SMILES string of the molecule is Cc1cc(F)c(Br)c(CBr)c1. The Balaban J connectivity index is 3.24. The molecule has 0 spiro atoms. The molecule has 0 aliphatic heterocycles. The summed E-state index contributed by atoms with van der Waals surface area (Å²) in [5.74, 6) is -0.195. The van der Waals surface area contributed by atoms with Gasteiger partial charge in [-0.2, -0.15) is 0 Å². The molecule has 0 saturated carbocycles. The van der Waals surface area contributed by atoms with Gasteiger partial charge in [-0.15, -0.1) is 0 Å². The highest BCUT2D eigenvalue weighted by Gasteiger charge is 2.04. The first-order valence-electron chi connectivity index (χ1n) is 3.15. The van der Waals surface area contributed by atoms with Crippen LogP contribution in [0.25, 0.3) is 0 Å². The number of rotatable bonds is 1. The number of aryl methyl sites for hydroxylation is 1. The van der Waals surface area contributed by atoms with Crippen LogP contribution < -0.4 is 0 Å². The third-order valence-corrected chi connectivity index (χ3v) is 2.88. The zero-order valence-corrected chi connectivity index (χ0v) is 9.17. The first kappa shape index (κ1) is 9.20. The highest BCUT2D eigenvalue weighted by atomic mass is 79.9. The molecule has 0 radical (unpaired) electrons. The summed E-state index contributed by atoms with van der Waals surface area (Å²) >= 11 is 6.45. The van der Waals surface area contributed by atoms with Crippen molar-refractivity contribution < 1.29 is 4.39 Å². The second-order valence-electron chi connectivity index (χ2n) is 2.35. The second kappa shape index (κ2) is 3.68. The largest absolute Gasteiger partial charge is 0.206 e. The van der Waals surface area contributed by atoms with Crippen LogP contribution in [0, 0.1) is 12.7 Å². The van der Waals surface area contributed by atoms with Gasteiger partial charge < -0.3 is 0 Å². The van der Waals surface area contributed by atoms with Gasteiger partial charge in [0.15, 0.2) is 0 Å². The zero-order chi connectivity index (χ0) is 8.43. The number of benzene rings is 1. The average molecular weight is 282 g/mol. The van der Waals surface area contributed by atoms with Gasteiger partial charge in [-0.05, 0) is 40.0 Å². The summed E-state index contributed by atoms with van der Waals surface area (Å²) < 4.78 is 13.5. The molecule has 0 saturated heterocycles. The molecule has 0 aliphatic carbocycles. The Bertz CT molecular complexity index is 271. The van der Waals surface area contributed by atoms with Crippen molar-refractivity contribution in [2.45, 2.75) is 12.3 Å². The molecule has 0 heterocycles. The van der Waals surface area contributed by atoms with Crippen LogP contribution in [-0.4, -0.2) is 0 Å². The Labute approximate surface area is 82.1 Å². The van der Waals surface area contributed by atoms with E-state index in [1.54, 1.807) is 0 Å². The number of hydrogen-bond acceptors (Lipinski definition) is 0. The molecule has 0 aliphatic rings. The Morgan fingerprint density at radius 2 is 2.09 bits per heavy atom.